The van der Waals surface area contributed by atoms with Gasteiger partial charge in [-0.25, -0.2) is 4.79 Å². The van der Waals surface area contributed by atoms with Crippen LogP contribution in [0.15, 0.2) is 0 Å². The summed E-state index contributed by atoms with van der Waals surface area (Å²) in [5, 5.41) is 3.18. The number of nitrogens with one attached hydrogen (secondary N) is 1. The lowest BCUT2D eigenvalue weighted by molar-refractivity contribution is -0.0190. The molecule has 0 unspecified atom stereocenters. The molecule has 4 aliphatic rings. The Hall–Kier alpha value is -0.440. The van der Waals surface area contributed by atoms with Gasteiger partial charge < -0.3 is 10.1 Å². The minimum atomic E-state index is -0.234. The third-order valence-corrected chi connectivity index (χ3v) is 5.18. The number of alkyl carbamates (subject to hydrolysis) is 1. The van der Waals surface area contributed by atoms with Gasteiger partial charge in [0, 0.05) is 11.4 Å². The Kier molecular flexibility index (Phi) is 3.44. The van der Waals surface area contributed by atoms with E-state index >= 15 is 0 Å². The van der Waals surface area contributed by atoms with Gasteiger partial charge in [0.25, 0.3) is 0 Å². The average molecular weight is 272 g/mol. The predicted molar refractivity (Wildman–Crippen MR) is 70.7 cm³/mol. The summed E-state index contributed by atoms with van der Waals surface area (Å²) in [7, 11) is 0. The monoisotopic (exact) mass is 271 g/mol. The average Bonchev–Trinajstić information content (AvgIpc) is 2.26. The molecule has 1 N–H and O–H groups in total. The first kappa shape index (κ1) is 12.6. The Bertz CT molecular complexity index is 296. The van der Waals surface area contributed by atoms with Crippen molar-refractivity contribution < 1.29 is 9.53 Å². The lowest BCUT2D eigenvalue weighted by Gasteiger charge is -2.56. The summed E-state index contributed by atoms with van der Waals surface area (Å²) in [5.74, 6) is 3.09. The van der Waals surface area contributed by atoms with Crippen LogP contribution in [-0.4, -0.2) is 24.1 Å². The van der Waals surface area contributed by atoms with Crippen LogP contribution in [0, 0.1) is 17.8 Å². The number of hydrogen-bond acceptors (Lipinski definition) is 2. The zero-order chi connectivity index (χ0) is 12.6. The van der Waals surface area contributed by atoms with Crippen molar-refractivity contribution in [3.63, 3.8) is 0 Å². The second kappa shape index (κ2) is 4.92. The number of rotatable bonds is 4. The number of amides is 1. The van der Waals surface area contributed by atoms with Gasteiger partial charge in [0.15, 0.2) is 0 Å². The molecule has 18 heavy (non-hydrogen) atoms. The molecule has 4 rings (SSSR count). The summed E-state index contributed by atoms with van der Waals surface area (Å²) in [6.07, 6.45) is 8.18. The first-order chi connectivity index (χ1) is 8.69. The van der Waals surface area contributed by atoms with E-state index in [4.69, 9.17) is 16.3 Å². The van der Waals surface area contributed by atoms with Crippen LogP contribution in [0.4, 0.5) is 4.79 Å². The molecule has 0 saturated heterocycles. The highest BCUT2D eigenvalue weighted by atomic mass is 35.5. The molecule has 0 atom stereocenters. The summed E-state index contributed by atoms with van der Waals surface area (Å²) < 4.78 is 5.19. The number of alkyl halides is 1. The zero-order valence-electron chi connectivity index (χ0n) is 10.8. The molecular formula is C14H22ClNO2. The maximum atomic E-state index is 11.8. The van der Waals surface area contributed by atoms with Crippen LogP contribution < -0.4 is 5.32 Å². The first-order valence-electron chi connectivity index (χ1n) is 7.20. The molecule has 3 nitrogen and oxygen atoms in total. The molecule has 0 heterocycles. The number of carbonyl (C=O) groups excluding carboxylic acids is 1. The van der Waals surface area contributed by atoms with Gasteiger partial charge in [0.2, 0.25) is 0 Å². The third-order valence-electron chi connectivity index (χ3n) is 4.92. The van der Waals surface area contributed by atoms with E-state index in [1.165, 1.54) is 38.5 Å². The number of ether oxygens (including phenoxy) is 1. The molecule has 0 aliphatic heterocycles. The molecular weight excluding hydrogens is 250 g/mol. The van der Waals surface area contributed by atoms with Crippen LogP contribution in [0.2, 0.25) is 0 Å². The van der Waals surface area contributed by atoms with Crippen molar-refractivity contribution in [2.75, 3.05) is 12.5 Å². The van der Waals surface area contributed by atoms with Crippen molar-refractivity contribution in [2.45, 2.75) is 50.5 Å². The van der Waals surface area contributed by atoms with Crippen LogP contribution >= 0.6 is 11.6 Å². The normalized spacial score (nSPS) is 40.8. The first-order valence-corrected chi connectivity index (χ1v) is 7.73. The summed E-state index contributed by atoms with van der Waals surface area (Å²) in [6, 6.07) is 0. The number of halogens is 1. The van der Waals surface area contributed by atoms with Crippen LogP contribution in [0.25, 0.3) is 0 Å². The van der Waals surface area contributed by atoms with E-state index in [0.29, 0.717) is 12.5 Å². The highest BCUT2D eigenvalue weighted by Gasteiger charge is 2.51. The van der Waals surface area contributed by atoms with Gasteiger partial charge in [-0.05, 0) is 62.7 Å². The van der Waals surface area contributed by atoms with Crippen LogP contribution in [0.1, 0.15) is 44.9 Å². The second-order valence-electron chi connectivity index (χ2n) is 6.50. The number of carbonyl (C=O) groups is 1. The molecule has 4 aliphatic carbocycles. The minimum Gasteiger partial charge on any atom is -0.450 e. The molecule has 1 amide bonds. The fourth-order valence-electron chi connectivity index (χ4n) is 4.74. The van der Waals surface area contributed by atoms with Gasteiger partial charge >= 0.3 is 6.09 Å². The summed E-state index contributed by atoms with van der Waals surface area (Å²) in [4.78, 5) is 11.8. The molecule has 0 aromatic carbocycles. The predicted octanol–water partition coefficient (Wildman–Crippen LogP) is 3.31. The van der Waals surface area contributed by atoms with E-state index in [-0.39, 0.29) is 11.6 Å². The van der Waals surface area contributed by atoms with Crippen molar-refractivity contribution in [1.29, 1.82) is 0 Å². The molecule has 0 aromatic rings. The van der Waals surface area contributed by atoms with E-state index in [1.807, 2.05) is 0 Å². The standard InChI is InChI=1S/C14H22ClNO2/c15-2-1-3-18-13(17)16-14-7-10-4-11(8-14)6-12(5-10)9-14/h10-12H,1-9H2,(H,16,17). The Balaban J connectivity index is 1.57. The van der Waals surface area contributed by atoms with E-state index < -0.39 is 0 Å². The number of hydrogen-bond donors (Lipinski definition) is 1. The van der Waals surface area contributed by atoms with E-state index in [2.05, 4.69) is 5.32 Å². The van der Waals surface area contributed by atoms with Crippen molar-refractivity contribution >= 4 is 17.7 Å². The van der Waals surface area contributed by atoms with Crippen molar-refractivity contribution in [1.82, 2.24) is 5.32 Å². The summed E-state index contributed by atoms with van der Waals surface area (Å²) in [6.45, 7) is 0.432. The van der Waals surface area contributed by atoms with E-state index in [1.54, 1.807) is 0 Å². The zero-order valence-corrected chi connectivity index (χ0v) is 11.5. The van der Waals surface area contributed by atoms with Gasteiger partial charge in [0.1, 0.15) is 0 Å². The second-order valence-corrected chi connectivity index (χ2v) is 6.88. The third kappa shape index (κ3) is 2.47. The minimum absolute atomic E-state index is 0.0623. The maximum Gasteiger partial charge on any atom is 0.407 e. The van der Waals surface area contributed by atoms with Gasteiger partial charge in [-0.2, -0.15) is 0 Å². The van der Waals surface area contributed by atoms with Crippen molar-refractivity contribution in [2.24, 2.45) is 17.8 Å². The molecule has 0 spiro atoms. The fourth-order valence-corrected chi connectivity index (χ4v) is 4.84. The largest absolute Gasteiger partial charge is 0.450 e. The smallest absolute Gasteiger partial charge is 0.407 e. The van der Waals surface area contributed by atoms with Gasteiger partial charge in [-0.1, -0.05) is 0 Å². The quantitative estimate of drug-likeness (QED) is 0.629. The molecule has 102 valence electrons. The van der Waals surface area contributed by atoms with Crippen molar-refractivity contribution in [3.8, 4) is 0 Å². The van der Waals surface area contributed by atoms with Gasteiger partial charge in [-0.15, -0.1) is 11.6 Å². The van der Waals surface area contributed by atoms with E-state index in [0.717, 1.165) is 24.2 Å². The molecule has 4 saturated carbocycles. The van der Waals surface area contributed by atoms with Crippen LogP contribution in [0.5, 0.6) is 0 Å². The Labute approximate surface area is 114 Å². The maximum absolute atomic E-state index is 11.8. The molecule has 4 heteroatoms. The molecule has 4 fully saturated rings. The molecule has 0 aromatic heterocycles. The fraction of sp³-hybridized carbons (Fsp3) is 0.929. The highest BCUT2D eigenvalue weighted by molar-refractivity contribution is 6.17. The highest BCUT2D eigenvalue weighted by Crippen LogP contribution is 2.55. The molecule has 0 radical (unpaired) electrons. The topological polar surface area (TPSA) is 38.3 Å². The lowest BCUT2D eigenvalue weighted by Crippen LogP contribution is -2.59. The van der Waals surface area contributed by atoms with Crippen molar-refractivity contribution in [3.05, 3.63) is 0 Å². The van der Waals surface area contributed by atoms with Crippen LogP contribution in [0.3, 0.4) is 0 Å². The van der Waals surface area contributed by atoms with E-state index in [9.17, 15) is 4.79 Å². The Morgan fingerprint density at radius 2 is 1.72 bits per heavy atom. The Morgan fingerprint density at radius 1 is 1.17 bits per heavy atom. The van der Waals surface area contributed by atoms with Gasteiger partial charge in [0.05, 0.1) is 6.61 Å². The SMILES string of the molecule is O=C(NC12CC3CC(CC(C3)C1)C2)OCCCCl. The lowest BCUT2D eigenvalue weighted by atomic mass is 9.53. The Morgan fingerprint density at radius 3 is 2.22 bits per heavy atom. The summed E-state index contributed by atoms with van der Waals surface area (Å²) >= 11 is 5.57. The van der Waals surface area contributed by atoms with Crippen LogP contribution in [-0.2, 0) is 4.74 Å². The summed E-state index contributed by atoms with van der Waals surface area (Å²) in [5.41, 5.74) is 0.0623. The van der Waals surface area contributed by atoms with Gasteiger partial charge in [-0.3, -0.25) is 0 Å². The molecule has 4 bridgehead atoms.